The van der Waals surface area contributed by atoms with Crippen molar-refractivity contribution in [1.29, 1.82) is 0 Å². The zero-order valence-electron chi connectivity index (χ0n) is 16.2. The van der Waals surface area contributed by atoms with E-state index in [-0.39, 0.29) is 9.79 Å². The standard InChI is InChI=1S/C18H21N3O7S2/c1-13-3-7-15(8-4-13)29(23,24)27-12-18(17(22)11-20-21-19)28-30(25,26)16-9-5-14(2)6-10-16/h3-10,17-18,22H,11-12H2,1-2H3/t17-,18-/m0/s1. The lowest BCUT2D eigenvalue weighted by Gasteiger charge is -2.21. The van der Waals surface area contributed by atoms with Crippen LogP contribution in [0.25, 0.3) is 10.4 Å². The van der Waals surface area contributed by atoms with E-state index in [2.05, 4.69) is 10.0 Å². The minimum Gasteiger partial charge on any atom is -0.390 e. The molecule has 30 heavy (non-hydrogen) atoms. The van der Waals surface area contributed by atoms with Gasteiger partial charge >= 0.3 is 0 Å². The summed E-state index contributed by atoms with van der Waals surface area (Å²) in [4.78, 5) is 2.16. The Balaban J connectivity index is 2.23. The molecule has 10 nitrogen and oxygen atoms in total. The van der Waals surface area contributed by atoms with E-state index in [1.165, 1.54) is 24.3 Å². The molecular weight excluding hydrogens is 434 g/mol. The second-order valence-corrected chi connectivity index (χ2v) is 9.62. The van der Waals surface area contributed by atoms with Crippen LogP contribution in [0, 0.1) is 13.8 Å². The van der Waals surface area contributed by atoms with Crippen LogP contribution in [0.3, 0.4) is 0 Å². The second kappa shape index (κ2) is 10.0. The normalized spacial score (nSPS) is 14.0. The lowest BCUT2D eigenvalue weighted by molar-refractivity contribution is 0.0187. The number of hydrogen-bond donors (Lipinski definition) is 1. The van der Waals surface area contributed by atoms with E-state index in [1.807, 2.05) is 0 Å². The van der Waals surface area contributed by atoms with Crippen molar-refractivity contribution in [2.45, 2.75) is 35.8 Å². The van der Waals surface area contributed by atoms with Gasteiger partial charge in [0.2, 0.25) is 0 Å². The van der Waals surface area contributed by atoms with Crippen LogP contribution in [-0.2, 0) is 28.6 Å². The Kier molecular flexibility index (Phi) is 7.96. The van der Waals surface area contributed by atoms with E-state index in [9.17, 15) is 21.9 Å². The third-order valence-corrected chi connectivity index (χ3v) is 6.66. The van der Waals surface area contributed by atoms with E-state index in [0.717, 1.165) is 11.1 Å². The van der Waals surface area contributed by atoms with Crippen LogP contribution in [-0.4, -0.2) is 47.3 Å². The molecule has 2 atom stereocenters. The fourth-order valence-corrected chi connectivity index (χ4v) is 4.30. The molecule has 0 aliphatic rings. The Hall–Kier alpha value is -2.47. The van der Waals surface area contributed by atoms with E-state index in [4.69, 9.17) is 13.9 Å². The van der Waals surface area contributed by atoms with Crippen LogP contribution in [0.15, 0.2) is 63.4 Å². The summed E-state index contributed by atoms with van der Waals surface area (Å²) in [6, 6.07) is 11.5. The van der Waals surface area contributed by atoms with E-state index < -0.39 is 45.6 Å². The molecule has 162 valence electrons. The third kappa shape index (κ3) is 6.52. The van der Waals surface area contributed by atoms with Crippen LogP contribution >= 0.6 is 0 Å². The maximum atomic E-state index is 12.5. The summed E-state index contributed by atoms with van der Waals surface area (Å²) in [7, 11) is -8.60. The molecule has 0 radical (unpaired) electrons. The lowest BCUT2D eigenvalue weighted by atomic mass is 10.2. The van der Waals surface area contributed by atoms with Gasteiger partial charge in [-0.3, -0.25) is 8.37 Å². The molecule has 0 saturated carbocycles. The summed E-state index contributed by atoms with van der Waals surface area (Å²) in [6.07, 6.45) is -3.27. The highest BCUT2D eigenvalue weighted by atomic mass is 32.2. The Morgan fingerprint density at radius 2 is 1.40 bits per heavy atom. The number of aliphatic hydroxyl groups is 1. The van der Waals surface area contributed by atoms with Gasteiger partial charge in [-0.05, 0) is 43.6 Å². The summed E-state index contributed by atoms with van der Waals surface area (Å²) < 4.78 is 59.7. The van der Waals surface area contributed by atoms with Crippen LogP contribution in [0.2, 0.25) is 0 Å². The summed E-state index contributed by atoms with van der Waals surface area (Å²) in [5, 5.41) is 13.3. The van der Waals surface area contributed by atoms with Crippen LogP contribution in [0.5, 0.6) is 0 Å². The number of hydrogen-bond acceptors (Lipinski definition) is 8. The van der Waals surface area contributed by atoms with E-state index >= 15 is 0 Å². The Morgan fingerprint density at radius 1 is 0.933 bits per heavy atom. The SMILES string of the molecule is Cc1ccc(S(=O)(=O)OC[C@H](OS(=O)(=O)c2ccc(C)cc2)[C@@H](O)CN=[N+]=[N-])cc1. The molecule has 2 rings (SSSR count). The van der Waals surface area contributed by atoms with Crippen molar-refractivity contribution in [3.8, 4) is 0 Å². The van der Waals surface area contributed by atoms with Crippen LogP contribution in [0.1, 0.15) is 11.1 Å². The molecule has 0 heterocycles. The molecule has 1 N–H and O–H groups in total. The molecule has 2 aromatic carbocycles. The first-order chi connectivity index (χ1) is 14.0. The van der Waals surface area contributed by atoms with Gasteiger partial charge in [0.1, 0.15) is 6.10 Å². The largest absolute Gasteiger partial charge is 0.390 e. The topological polar surface area (TPSA) is 156 Å². The molecule has 12 heteroatoms. The van der Waals surface area contributed by atoms with Crippen LogP contribution in [0.4, 0.5) is 0 Å². The third-order valence-electron chi connectivity index (χ3n) is 4.02. The van der Waals surface area contributed by atoms with E-state index in [0.29, 0.717) is 0 Å². The van der Waals surface area contributed by atoms with Gasteiger partial charge in [-0.25, -0.2) is 0 Å². The summed E-state index contributed by atoms with van der Waals surface area (Å²) >= 11 is 0. The minimum absolute atomic E-state index is 0.141. The summed E-state index contributed by atoms with van der Waals surface area (Å²) in [6.45, 7) is 2.19. The van der Waals surface area contributed by atoms with Gasteiger partial charge in [0.05, 0.1) is 29.0 Å². The Morgan fingerprint density at radius 3 is 1.87 bits per heavy atom. The van der Waals surface area contributed by atoms with Gasteiger partial charge in [0.25, 0.3) is 20.2 Å². The molecule has 0 aromatic heterocycles. The van der Waals surface area contributed by atoms with Gasteiger partial charge < -0.3 is 5.11 Å². The van der Waals surface area contributed by atoms with Crippen molar-refractivity contribution >= 4 is 20.2 Å². The zero-order valence-corrected chi connectivity index (χ0v) is 17.9. The van der Waals surface area contributed by atoms with Crippen LogP contribution < -0.4 is 0 Å². The van der Waals surface area contributed by atoms with Crippen molar-refractivity contribution in [1.82, 2.24) is 0 Å². The summed E-state index contributed by atoms with van der Waals surface area (Å²) in [5.74, 6) is 0. The molecule has 0 amide bonds. The van der Waals surface area contributed by atoms with E-state index in [1.54, 1.807) is 38.1 Å². The van der Waals surface area contributed by atoms with Gasteiger partial charge in [-0.1, -0.05) is 40.5 Å². The van der Waals surface area contributed by atoms with Crippen molar-refractivity contribution in [2.75, 3.05) is 13.2 Å². The quantitative estimate of drug-likeness (QED) is 0.249. The number of azide groups is 1. The lowest BCUT2D eigenvalue weighted by Crippen LogP contribution is -2.38. The van der Waals surface area contributed by atoms with Gasteiger partial charge in [0, 0.05) is 4.91 Å². The van der Waals surface area contributed by atoms with Gasteiger partial charge in [-0.15, -0.1) is 0 Å². The molecule has 0 aliphatic carbocycles. The minimum atomic E-state index is -4.35. The molecule has 0 aliphatic heterocycles. The fourth-order valence-electron chi connectivity index (χ4n) is 2.29. The first-order valence-electron chi connectivity index (χ1n) is 8.70. The maximum Gasteiger partial charge on any atom is 0.297 e. The number of aliphatic hydroxyl groups excluding tert-OH is 1. The van der Waals surface area contributed by atoms with Crippen molar-refractivity contribution in [3.63, 3.8) is 0 Å². The van der Waals surface area contributed by atoms with Crippen molar-refractivity contribution in [2.24, 2.45) is 5.11 Å². The number of aryl methyl sites for hydroxylation is 2. The molecule has 0 unspecified atom stereocenters. The highest BCUT2D eigenvalue weighted by molar-refractivity contribution is 7.87. The predicted octanol–water partition coefficient (Wildman–Crippen LogP) is 2.45. The maximum absolute atomic E-state index is 12.5. The number of benzene rings is 2. The molecule has 0 saturated heterocycles. The van der Waals surface area contributed by atoms with Crippen molar-refractivity contribution in [3.05, 3.63) is 70.1 Å². The first-order valence-corrected chi connectivity index (χ1v) is 11.5. The van der Waals surface area contributed by atoms with Gasteiger partial charge in [-0.2, -0.15) is 16.8 Å². The molecule has 0 spiro atoms. The average Bonchev–Trinajstić information content (AvgIpc) is 2.70. The molecule has 0 fully saturated rings. The fraction of sp³-hybridized carbons (Fsp3) is 0.333. The number of rotatable bonds is 10. The molecule has 2 aromatic rings. The molecule has 0 bridgehead atoms. The predicted molar refractivity (Wildman–Crippen MR) is 108 cm³/mol. The zero-order chi connectivity index (χ0) is 22.4. The highest BCUT2D eigenvalue weighted by Gasteiger charge is 2.30. The smallest absolute Gasteiger partial charge is 0.297 e. The first kappa shape index (κ1) is 23.8. The Labute approximate surface area is 175 Å². The second-order valence-electron chi connectivity index (χ2n) is 6.43. The number of nitrogens with zero attached hydrogens (tertiary/aromatic N) is 3. The Bertz CT molecular complexity index is 1110. The summed E-state index contributed by atoms with van der Waals surface area (Å²) in [5.41, 5.74) is 10.1. The van der Waals surface area contributed by atoms with Crippen molar-refractivity contribution < 1.29 is 30.3 Å². The van der Waals surface area contributed by atoms with Gasteiger partial charge in [0.15, 0.2) is 0 Å². The highest BCUT2D eigenvalue weighted by Crippen LogP contribution is 2.19. The monoisotopic (exact) mass is 455 g/mol. The molecular formula is C18H21N3O7S2. The average molecular weight is 456 g/mol.